The molecule has 1 fully saturated rings. The van der Waals surface area contributed by atoms with Crippen LogP contribution in [0, 0.1) is 0 Å². The minimum absolute atomic E-state index is 0. The number of benzene rings is 1. The molecular weight excluding hydrogens is 309 g/mol. The van der Waals surface area contributed by atoms with Crippen molar-refractivity contribution in [1.29, 1.82) is 0 Å². The maximum Gasteiger partial charge on any atom is 0.236 e. The maximum absolute atomic E-state index is 6.24. The minimum Gasteiger partial charge on any atom is -0.338 e. The maximum atomic E-state index is 6.24. The van der Waals surface area contributed by atoms with Crippen molar-refractivity contribution in [3.8, 4) is 0 Å². The van der Waals surface area contributed by atoms with Crippen LogP contribution in [-0.2, 0) is 11.0 Å². The van der Waals surface area contributed by atoms with Gasteiger partial charge in [-0.15, -0.1) is 12.4 Å². The highest BCUT2D eigenvalue weighted by Crippen LogP contribution is 2.38. The number of aromatic nitrogens is 2. The van der Waals surface area contributed by atoms with E-state index in [1.54, 1.807) is 0 Å². The molecule has 0 amide bonds. The van der Waals surface area contributed by atoms with Gasteiger partial charge in [-0.05, 0) is 50.8 Å². The Bertz CT molecular complexity index is 618. The van der Waals surface area contributed by atoms with Crippen LogP contribution in [0.4, 0.5) is 0 Å². The molecule has 0 spiro atoms. The summed E-state index contributed by atoms with van der Waals surface area (Å²) in [7, 11) is 0. The van der Waals surface area contributed by atoms with Gasteiger partial charge in [0.15, 0.2) is 5.82 Å². The van der Waals surface area contributed by atoms with Crippen molar-refractivity contribution in [2.24, 2.45) is 5.73 Å². The lowest BCUT2D eigenvalue weighted by molar-refractivity contribution is 0.228. The molecule has 114 valence electrons. The predicted molar refractivity (Wildman–Crippen MR) is 84.8 cm³/mol. The number of nitrogens with zero attached hydrogens (tertiary/aromatic N) is 2. The molecule has 1 aliphatic carbocycles. The van der Waals surface area contributed by atoms with Gasteiger partial charge in [-0.2, -0.15) is 4.98 Å². The average molecular weight is 328 g/mol. The molecule has 0 bridgehead atoms. The topological polar surface area (TPSA) is 64.9 Å². The Morgan fingerprint density at radius 2 is 1.86 bits per heavy atom. The van der Waals surface area contributed by atoms with E-state index in [-0.39, 0.29) is 17.8 Å². The van der Waals surface area contributed by atoms with Crippen molar-refractivity contribution in [3.05, 3.63) is 46.6 Å². The summed E-state index contributed by atoms with van der Waals surface area (Å²) in [5, 5.41) is 4.80. The van der Waals surface area contributed by atoms with E-state index >= 15 is 0 Å². The van der Waals surface area contributed by atoms with Crippen LogP contribution in [0.3, 0.4) is 0 Å². The van der Waals surface area contributed by atoms with Crippen molar-refractivity contribution in [2.45, 2.75) is 44.1 Å². The predicted octanol–water partition coefficient (Wildman–Crippen LogP) is 3.81. The standard InChI is InChI=1S/C15H18ClN3O.ClH/c1-14(2,10-4-6-11(16)7-5-10)13-18-12(19-20-13)15(17)8-3-9-15;/h4-7H,3,8-9,17H2,1-2H3;1H. The molecule has 1 saturated carbocycles. The lowest BCUT2D eigenvalue weighted by Gasteiger charge is -2.34. The molecule has 6 heteroatoms. The summed E-state index contributed by atoms with van der Waals surface area (Å²) in [5.74, 6) is 1.22. The van der Waals surface area contributed by atoms with E-state index in [1.807, 2.05) is 24.3 Å². The zero-order valence-corrected chi connectivity index (χ0v) is 13.7. The van der Waals surface area contributed by atoms with Crippen molar-refractivity contribution < 1.29 is 4.52 Å². The van der Waals surface area contributed by atoms with Gasteiger partial charge in [0, 0.05) is 5.02 Å². The molecule has 0 atom stereocenters. The van der Waals surface area contributed by atoms with Crippen LogP contribution in [0.25, 0.3) is 0 Å². The van der Waals surface area contributed by atoms with E-state index in [4.69, 9.17) is 21.9 Å². The van der Waals surface area contributed by atoms with Crippen molar-refractivity contribution in [3.63, 3.8) is 0 Å². The third kappa shape index (κ3) is 2.80. The Labute approximate surface area is 135 Å². The van der Waals surface area contributed by atoms with E-state index in [0.717, 1.165) is 24.8 Å². The molecule has 2 N–H and O–H groups in total. The number of hydrogen-bond donors (Lipinski definition) is 1. The Morgan fingerprint density at radius 1 is 1.24 bits per heavy atom. The van der Waals surface area contributed by atoms with E-state index < -0.39 is 5.54 Å². The van der Waals surface area contributed by atoms with Crippen molar-refractivity contribution in [1.82, 2.24) is 10.1 Å². The van der Waals surface area contributed by atoms with Crippen LogP contribution in [0.5, 0.6) is 0 Å². The summed E-state index contributed by atoms with van der Waals surface area (Å²) >= 11 is 5.93. The van der Waals surface area contributed by atoms with Gasteiger partial charge in [-0.3, -0.25) is 0 Å². The van der Waals surface area contributed by atoms with Gasteiger partial charge >= 0.3 is 0 Å². The zero-order chi connectivity index (χ0) is 14.4. The first-order valence-electron chi connectivity index (χ1n) is 6.81. The molecule has 1 aromatic carbocycles. The molecular formula is C15H19Cl2N3O. The number of nitrogens with two attached hydrogens (primary N) is 1. The van der Waals surface area contributed by atoms with Gasteiger partial charge in [0.1, 0.15) is 0 Å². The fourth-order valence-electron chi connectivity index (χ4n) is 2.45. The second-order valence-corrected chi connectivity index (χ2v) is 6.50. The van der Waals surface area contributed by atoms with E-state index in [0.29, 0.717) is 16.7 Å². The second kappa shape index (κ2) is 5.59. The Morgan fingerprint density at radius 3 is 2.38 bits per heavy atom. The fraction of sp³-hybridized carbons (Fsp3) is 0.467. The fourth-order valence-corrected chi connectivity index (χ4v) is 2.58. The highest BCUT2D eigenvalue weighted by Gasteiger charge is 2.40. The van der Waals surface area contributed by atoms with Crippen LogP contribution in [0.2, 0.25) is 5.02 Å². The summed E-state index contributed by atoms with van der Waals surface area (Å²) in [5.41, 5.74) is 6.56. The molecule has 0 radical (unpaired) electrons. The SMILES string of the molecule is CC(C)(c1ccc(Cl)cc1)c1nc(C2(N)CCC2)no1.Cl. The third-order valence-electron chi connectivity index (χ3n) is 4.22. The van der Waals surface area contributed by atoms with E-state index in [2.05, 4.69) is 24.0 Å². The van der Waals surface area contributed by atoms with Gasteiger partial charge in [-0.1, -0.05) is 28.9 Å². The average Bonchev–Trinajstić information content (AvgIpc) is 2.87. The lowest BCUT2D eigenvalue weighted by Crippen LogP contribution is -2.44. The minimum atomic E-state index is -0.391. The Kier molecular flexibility index (Phi) is 4.34. The van der Waals surface area contributed by atoms with Gasteiger partial charge in [0.05, 0.1) is 11.0 Å². The van der Waals surface area contributed by atoms with Crippen LogP contribution in [0.15, 0.2) is 28.8 Å². The van der Waals surface area contributed by atoms with Crippen molar-refractivity contribution in [2.75, 3.05) is 0 Å². The first-order valence-corrected chi connectivity index (χ1v) is 7.19. The van der Waals surface area contributed by atoms with Gasteiger partial charge in [0.25, 0.3) is 0 Å². The number of hydrogen-bond acceptors (Lipinski definition) is 4. The van der Waals surface area contributed by atoms with Gasteiger partial charge in [0.2, 0.25) is 5.89 Å². The summed E-state index contributed by atoms with van der Waals surface area (Å²) in [6.45, 7) is 4.11. The van der Waals surface area contributed by atoms with Gasteiger partial charge < -0.3 is 10.3 Å². The normalized spacial score (nSPS) is 17.0. The first kappa shape index (κ1) is 16.3. The summed E-state index contributed by atoms with van der Waals surface area (Å²) < 4.78 is 5.46. The molecule has 0 unspecified atom stereocenters. The van der Waals surface area contributed by atoms with Crippen LogP contribution < -0.4 is 5.73 Å². The summed E-state index contributed by atoms with van der Waals surface area (Å²) in [6, 6.07) is 7.69. The highest BCUT2D eigenvalue weighted by atomic mass is 35.5. The molecule has 1 aliphatic rings. The van der Waals surface area contributed by atoms with Crippen molar-refractivity contribution >= 4 is 24.0 Å². The largest absolute Gasteiger partial charge is 0.338 e. The van der Waals surface area contributed by atoms with Crippen LogP contribution >= 0.6 is 24.0 Å². The Hall–Kier alpha value is -1.10. The quantitative estimate of drug-likeness (QED) is 0.930. The molecule has 3 rings (SSSR count). The molecule has 4 nitrogen and oxygen atoms in total. The summed E-state index contributed by atoms with van der Waals surface area (Å²) in [6.07, 6.45) is 2.97. The third-order valence-corrected chi connectivity index (χ3v) is 4.47. The van der Waals surface area contributed by atoms with Gasteiger partial charge in [-0.25, -0.2) is 0 Å². The molecule has 0 saturated heterocycles. The molecule has 2 aromatic rings. The summed E-state index contributed by atoms with van der Waals surface area (Å²) in [4.78, 5) is 4.54. The van der Waals surface area contributed by atoms with E-state index in [1.165, 1.54) is 0 Å². The molecule has 1 aromatic heterocycles. The molecule has 0 aliphatic heterocycles. The first-order chi connectivity index (χ1) is 9.42. The monoisotopic (exact) mass is 327 g/mol. The second-order valence-electron chi connectivity index (χ2n) is 6.06. The van der Waals surface area contributed by atoms with Crippen LogP contribution in [-0.4, -0.2) is 10.1 Å². The number of rotatable bonds is 3. The lowest BCUT2D eigenvalue weighted by atomic mass is 9.77. The van der Waals surface area contributed by atoms with Crippen LogP contribution in [0.1, 0.15) is 50.4 Å². The van der Waals surface area contributed by atoms with E-state index in [9.17, 15) is 0 Å². The Balaban J connectivity index is 0.00000161. The zero-order valence-electron chi connectivity index (χ0n) is 12.1. The number of halogens is 2. The molecule has 21 heavy (non-hydrogen) atoms. The highest BCUT2D eigenvalue weighted by molar-refractivity contribution is 6.30. The molecule has 1 heterocycles. The smallest absolute Gasteiger partial charge is 0.236 e.